The molecule has 1 aromatic carbocycles. The highest BCUT2D eigenvalue weighted by atomic mass is 16.5. The predicted octanol–water partition coefficient (Wildman–Crippen LogP) is 1.94. The van der Waals surface area contributed by atoms with Gasteiger partial charge in [-0.15, -0.1) is 5.10 Å². The number of hydrogen-bond donors (Lipinski definition) is 0. The van der Waals surface area contributed by atoms with Crippen molar-refractivity contribution in [2.45, 2.75) is 6.92 Å². The van der Waals surface area contributed by atoms with Crippen molar-refractivity contribution in [2.75, 3.05) is 31.2 Å². The predicted molar refractivity (Wildman–Crippen MR) is 84.0 cm³/mol. The van der Waals surface area contributed by atoms with Crippen molar-refractivity contribution in [1.29, 1.82) is 0 Å². The minimum Gasteiger partial charge on any atom is -0.378 e. The molecule has 4 rings (SSSR count). The molecule has 112 valence electrons. The van der Waals surface area contributed by atoms with Crippen LogP contribution >= 0.6 is 0 Å². The third-order valence-electron chi connectivity index (χ3n) is 3.79. The minimum atomic E-state index is 0.639. The number of ether oxygens (including phenoxy) is 1. The zero-order valence-corrected chi connectivity index (χ0v) is 12.4. The third-order valence-corrected chi connectivity index (χ3v) is 3.79. The fraction of sp³-hybridized carbons (Fsp3) is 0.312. The summed E-state index contributed by atoms with van der Waals surface area (Å²) in [5.41, 5.74) is 3.05. The van der Waals surface area contributed by atoms with Crippen molar-refractivity contribution in [3.63, 3.8) is 0 Å². The summed E-state index contributed by atoms with van der Waals surface area (Å²) in [6, 6.07) is 12.2. The normalized spacial score (nSPS) is 15.4. The molecule has 1 saturated heterocycles. The maximum Gasteiger partial charge on any atom is 0.254 e. The lowest BCUT2D eigenvalue weighted by atomic mass is 10.1. The molecule has 1 aliphatic heterocycles. The summed E-state index contributed by atoms with van der Waals surface area (Å²) in [5, 5.41) is 4.67. The molecular formula is C16H17N5O. The molecule has 0 N–H and O–H groups in total. The van der Waals surface area contributed by atoms with Crippen molar-refractivity contribution in [3.8, 4) is 11.3 Å². The zero-order chi connectivity index (χ0) is 14.9. The molecule has 0 saturated carbocycles. The maximum absolute atomic E-state index is 5.39. The summed E-state index contributed by atoms with van der Waals surface area (Å²) < 4.78 is 7.21. The summed E-state index contributed by atoms with van der Waals surface area (Å²) in [4.78, 5) is 11.2. The van der Waals surface area contributed by atoms with Gasteiger partial charge in [-0.25, -0.2) is 4.98 Å². The molecule has 0 spiro atoms. The lowest BCUT2D eigenvalue weighted by Crippen LogP contribution is -2.36. The number of anilines is 1. The van der Waals surface area contributed by atoms with Gasteiger partial charge < -0.3 is 9.64 Å². The highest BCUT2D eigenvalue weighted by Crippen LogP contribution is 2.22. The lowest BCUT2D eigenvalue weighted by Gasteiger charge is -2.25. The molecule has 2 aromatic heterocycles. The van der Waals surface area contributed by atoms with Crippen LogP contribution in [0.15, 0.2) is 36.4 Å². The molecule has 3 aromatic rings. The Hall–Kier alpha value is -2.47. The molecule has 0 bridgehead atoms. The van der Waals surface area contributed by atoms with E-state index >= 15 is 0 Å². The van der Waals surface area contributed by atoms with E-state index in [1.54, 1.807) is 0 Å². The Bertz CT molecular complexity index is 793. The topological polar surface area (TPSA) is 55.5 Å². The van der Waals surface area contributed by atoms with E-state index in [0.717, 1.165) is 36.0 Å². The quantitative estimate of drug-likeness (QED) is 0.723. The molecule has 0 unspecified atom stereocenters. The van der Waals surface area contributed by atoms with Gasteiger partial charge in [-0.05, 0) is 13.0 Å². The van der Waals surface area contributed by atoms with E-state index < -0.39 is 0 Å². The summed E-state index contributed by atoms with van der Waals surface area (Å²) in [5.74, 6) is 1.36. The van der Waals surface area contributed by atoms with Gasteiger partial charge in [0.25, 0.3) is 5.78 Å². The summed E-state index contributed by atoms with van der Waals surface area (Å²) in [7, 11) is 0. The average molecular weight is 295 g/mol. The SMILES string of the molecule is Cc1cc(-c2ccccc2)n2nc(N3CCOCC3)nc2n1. The molecular weight excluding hydrogens is 278 g/mol. The zero-order valence-electron chi connectivity index (χ0n) is 12.4. The van der Waals surface area contributed by atoms with Crippen molar-refractivity contribution in [1.82, 2.24) is 19.6 Å². The molecule has 6 nitrogen and oxygen atoms in total. The number of morpholine rings is 1. The van der Waals surface area contributed by atoms with E-state index in [1.165, 1.54) is 0 Å². The van der Waals surface area contributed by atoms with Gasteiger partial charge in [-0.2, -0.15) is 9.50 Å². The number of fused-ring (bicyclic) bond motifs is 1. The van der Waals surface area contributed by atoms with Crippen LogP contribution in [-0.4, -0.2) is 45.9 Å². The first-order valence-corrected chi connectivity index (χ1v) is 7.44. The first-order valence-electron chi connectivity index (χ1n) is 7.44. The minimum absolute atomic E-state index is 0.639. The molecule has 1 fully saturated rings. The number of benzene rings is 1. The number of rotatable bonds is 2. The van der Waals surface area contributed by atoms with Gasteiger partial charge in [-0.3, -0.25) is 0 Å². The summed E-state index contributed by atoms with van der Waals surface area (Å²) in [6.07, 6.45) is 0. The van der Waals surface area contributed by atoms with Crippen LogP contribution in [0.25, 0.3) is 17.0 Å². The highest BCUT2D eigenvalue weighted by Gasteiger charge is 2.18. The van der Waals surface area contributed by atoms with E-state index in [-0.39, 0.29) is 0 Å². The Balaban J connectivity index is 1.85. The number of aromatic nitrogens is 4. The van der Waals surface area contributed by atoms with Crippen LogP contribution in [0.4, 0.5) is 5.95 Å². The first-order chi connectivity index (χ1) is 10.8. The van der Waals surface area contributed by atoms with Gasteiger partial charge >= 0.3 is 0 Å². The fourth-order valence-electron chi connectivity index (χ4n) is 2.69. The molecule has 0 atom stereocenters. The van der Waals surface area contributed by atoms with Crippen LogP contribution in [0.5, 0.6) is 0 Å². The summed E-state index contributed by atoms with van der Waals surface area (Å²) in [6.45, 7) is 5.05. The van der Waals surface area contributed by atoms with Gasteiger partial charge in [0.15, 0.2) is 0 Å². The summed E-state index contributed by atoms with van der Waals surface area (Å²) >= 11 is 0. The van der Waals surface area contributed by atoms with Crippen LogP contribution in [0.1, 0.15) is 5.69 Å². The molecule has 0 aliphatic carbocycles. The molecule has 1 aliphatic rings. The second kappa shape index (κ2) is 5.38. The molecule has 0 amide bonds. The standard InChI is InChI=1S/C16H17N5O/c1-12-11-14(13-5-3-2-4-6-13)21-15(17-12)18-16(19-21)20-7-9-22-10-8-20/h2-6,11H,7-10H2,1H3. The molecule has 3 heterocycles. The van der Waals surface area contributed by atoms with E-state index in [4.69, 9.17) is 4.74 Å². The van der Waals surface area contributed by atoms with Crippen LogP contribution in [0.2, 0.25) is 0 Å². The Morgan fingerprint density at radius 2 is 1.82 bits per heavy atom. The van der Waals surface area contributed by atoms with Crippen LogP contribution in [0.3, 0.4) is 0 Å². The largest absolute Gasteiger partial charge is 0.378 e. The third kappa shape index (κ3) is 2.31. The van der Waals surface area contributed by atoms with E-state index in [0.29, 0.717) is 19.0 Å². The van der Waals surface area contributed by atoms with E-state index in [9.17, 15) is 0 Å². The average Bonchev–Trinajstić information content (AvgIpc) is 2.99. The van der Waals surface area contributed by atoms with Crippen LogP contribution < -0.4 is 4.90 Å². The monoisotopic (exact) mass is 295 g/mol. The molecule has 6 heteroatoms. The Labute approximate surface area is 128 Å². The number of hydrogen-bond acceptors (Lipinski definition) is 5. The van der Waals surface area contributed by atoms with Crippen molar-refractivity contribution < 1.29 is 4.74 Å². The van der Waals surface area contributed by atoms with Gasteiger partial charge in [-0.1, -0.05) is 30.3 Å². The maximum atomic E-state index is 5.39. The van der Waals surface area contributed by atoms with Gasteiger partial charge in [0, 0.05) is 24.3 Å². The first kappa shape index (κ1) is 13.2. The van der Waals surface area contributed by atoms with Gasteiger partial charge in [0.1, 0.15) is 0 Å². The van der Waals surface area contributed by atoms with Crippen molar-refractivity contribution in [2.24, 2.45) is 0 Å². The van der Waals surface area contributed by atoms with Crippen LogP contribution in [0, 0.1) is 6.92 Å². The van der Waals surface area contributed by atoms with E-state index in [2.05, 4.69) is 32.1 Å². The van der Waals surface area contributed by atoms with Gasteiger partial charge in [0.05, 0.1) is 18.9 Å². The number of aryl methyl sites for hydroxylation is 1. The lowest BCUT2D eigenvalue weighted by molar-refractivity contribution is 0.122. The van der Waals surface area contributed by atoms with Crippen LogP contribution in [-0.2, 0) is 4.74 Å². The molecule has 0 radical (unpaired) electrons. The smallest absolute Gasteiger partial charge is 0.254 e. The number of nitrogens with zero attached hydrogens (tertiary/aromatic N) is 5. The van der Waals surface area contributed by atoms with Crippen molar-refractivity contribution in [3.05, 3.63) is 42.1 Å². The second-order valence-corrected chi connectivity index (χ2v) is 5.37. The highest BCUT2D eigenvalue weighted by molar-refractivity contribution is 5.62. The Morgan fingerprint density at radius 3 is 2.59 bits per heavy atom. The van der Waals surface area contributed by atoms with E-state index in [1.807, 2.05) is 35.7 Å². The molecule has 22 heavy (non-hydrogen) atoms. The fourth-order valence-corrected chi connectivity index (χ4v) is 2.69. The Kier molecular flexibility index (Phi) is 3.23. The van der Waals surface area contributed by atoms with Gasteiger partial charge in [0.2, 0.25) is 5.95 Å². The Morgan fingerprint density at radius 1 is 1.05 bits per heavy atom. The second-order valence-electron chi connectivity index (χ2n) is 5.37. The van der Waals surface area contributed by atoms with Crippen molar-refractivity contribution >= 4 is 11.7 Å².